The molecule has 0 bridgehead atoms. The van der Waals surface area contributed by atoms with Crippen LogP contribution in [0.5, 0.6) is 0 Å². The number of rotatable bonds is 2. The summed E-state index contributed by atoms with van der Waals surface area (Å²) in [4.78, 5) is 23.6. The predicted octanol–water partition coefficient (Wildman–Crippen LogP) is 2.37. The van der Waals surface area contributed by atoms with Gasteiger partial charge in [-0.05, 0) is 13.8 Å². The molecular weight excluding hydrogens is 216 g/mol. The van der Waals surface area contributed by atoms with Gasteiger partial charge in [-0.25, -0.2) is 4.79 Å². The first-order chi connectivity index (χ1) is 8.15. The van der Waals surface area contributed by atoms with Crippen molar-refractivity contribution < 1.29 is 14.3 Å². The van der Waals surface area contributed by atoms with Gasteiger partial charge >= 0.3 is 5.97 Å². The number of ketones is 1. The molecule has 0 radical (unpaired) electrons. The number of hydrogen-bond acceptors (Lipinski definition) is 3. The maximum absolute atomic E-state index is 11.9. The largest absolute Gasteiger partial charge is 0.462 e. The maximum Gasteiger partial charge on any atom is 0.346 e. The monoisotopic (exact) mass is 228 g/mol. The van der Waals surface area contributed by atoms with E-state index in [0.717, 1.165) is 0 Å². The van der Waals surface area contributed by atoms with Gasteiger partial charge in [0.05, 0.1) is 6.61 Å². The second-order valence-corrected chi connectivity index (χ2v) is 3.72. The SMILES string of the molecule is CCOC(=O)C1=C=C(C)C(=O)c2ccccc21. The predicted molar refractivity (Wildman–Crippen MR) is 63.5 cm³/mol. The second-order valence-electron chi connectivity index (χ2n) is 3.72. The van der Waals surface area contributed by atoms with Crippen molar-refractivity contribution in [2.24, 2.45) is 0 Å². The van der Waals surface area contributed by atoms with E-state index in [1.165, 1.54) is 0 Å². The van der Waals surface area contributed by atoms with Crippen LogP contribution in [0.1, 0.15) is 29.8 Å². The first kappa shape index (κ1) is 11.4. The molecule has 0 heterocycles. The van der Waals surface area contributed by atoms with E-state index in [-0.39, 0.29) is 5.78 Å². The lowest BCUT2D eigenvalue weighted by Crippen LogP contribution is -2.14. The number of carbonyl (C=O) groups is 2. The van der Waals surface area contributed by atoms with Gasteiger partial charge in [-0.15, -0.1) is 0 Å². The molecule has 1 aliphatic rings. The molecule has 3 heteroatoms. The maximum atomic E-state index is 11.9. The van der Waals surface area contributed by atoms with Crippen LogP contribution in [0.25, 0.3) is 5.57 Å². The standard InChI is InChI=1S/C14H12O3/c1-3-17-14(16)12-8-9(2)13(15)11-7-5-4-6-10(11)12/h4-7H,3H2,1-2H3. The third kappa shape index (κ3) is 1.93. The summed E-state index contributed by atoms with van der Waals surface area (Å²) in [7, 11) is 0. The minimum absolute atomic E-state index is 0.0892. The first-order valence-corrected chi connectivity index (χ1v) is 5.44. The fraction of sp³-hybridized carbons (Fsp3) is 0.214. The summed E-state index contributed by atoms with van der Waals surface area (Å²) in [6.45, 7) is 3.70. The van der Waals surface area contributed by atoms with Crippen LogP contribution in [-0.4, -0.2) is 18.4 Å². The van der Waals surface area contributed by atoms with E-state index in [1.54, 1.807) is 38.1 Å². The minimum atomic E-state index is -0.438. The van der Waals surface area contributed by atoms with Crippen LogP contribution in [0.3, 0.4) is 0 Å². The Morgan fingerprint density at radius 3 is 2.59 bits per heavy atom. The second kappa shape index (κ2) is 4.40. The lowest BCUT2D eigenvalue weighted by Gasteiger charge is -2.13. The van der Waals surface area contributed by atoms with Crippen LogP contribution in [0.4, 0.5) is 0 Å². The Bertz CT molecular complexity index is 561. The zero-order chi connectivity index (χ0) is 12.4. The van der Waals surface area contributed by atoms with E-state index in [0.29, 0.717) is 28.9 Å². The molecule has 1 aliphatic carbocycles. The van der Waals surface area contributed by atoms with E-state index in [9.17, 15) is 9.59 Å². The number of esters is 1. The van der Waals surface area contributed by atoms with Crippen molar-refractivity contribution in [2.45, 2.75) is 13.8 Å². The number of carbonyl (C=O) groups excluding carboxylic acids is 2. The molecule has 0 spiro atoms. The Kier molecular flexibility index (Phi) is 2.94. The molecule has 0 atom stereocenters. The number of benzene rings is 1. The van der Waals surface area contributed by atoms with Crippen LogP contribution in [-0.2, 0) is 9.53 Å². The average molecular weight is 228 g/mol. The van der Waals surface area contributed by atoms with Gasteiger partial charge in [0, 0.05) is 16.7 Å². The quantitative estimate of drug-likeness (QED) is 0.576. The van der Waals surface area contributed by atoms with Gasteiger partial charge in [0.1, 0.15) is 5.57 Å². The summed E-state index contributed by atoms with van der Waals surface area (Å²) in [6.07, 6.45) is 0. The molecule has 17 heavy (non-hydrogen) atoms. The molecule has 0 aliphatic heterocycles. The van der Waals surface area contributed by atoms with E-state index in [2.05, 4.69) is 5.73 Å². The van der Waals surface area contributed by atoms with Crippen molar-refractivity contribution in [2.75, 3.05) is 6.61 Å². The van der Waals surface area contributed by atoms with Crippen LogP contribution < -0.4 is 0 Å². The van der Waals surface area contributed by atoms with E-state index >= 15 is 0 Å². The van der Waals surface area contributed by atoms with Crippen LogP contribution in [0, 0.1) is 0 Å². The first-order valence-electron chi connectivity index (χ1n) is 5.44. The van der Waals surface area contributed by atoms with Gasteiger partial charge in [-0.1, -0.05) is 30.0 Å². The minimum Gasteiger partial charge on any atom is -0.462 e. The van der Waals surface area contributed by atoms with Gasteiger partial charge in [0.15, 0.2) is 5.78 Å². The zero-order valence-corrected chi connectivity index (χ0v) is 9.74. The topological polar surface area (TPSA) is 43.4 Å². The molecule has 0 fully saturated rings. The fourth-order valence-electron chi connectivity index (χ4n) is 1.78. The van der Waals surface area contributed by atoms with Gasteiger partial charge in [0.25, 0.3) is 0 Å². The Morgan fingerprint density at radius 1 is 1.29 bits per heavy atom. The summed E-state index contributed by atoms with van der Waals surface area (Å²) in [6, 6.07) is 7.01. The van der Waals surface area contributed by atoms with Crippen molar-refractivity contribution in [3.05, 3.63) is 46.7 Å². The lowest BCUT2D eigenvalue weighted by atomic mass is 9.90. The third-order valence-corrected chi connectivity index (χ3v) is 2.57. The number of fused-ring (bicyclic) bond motifs is 1. The summed E-state index contributed by atoms with van der Waals surface area (Å²) in [5.74, 6) is -0.527. The molecule has 1 aromatic carbocycles. The molecule has 2 rings (SSSR count). The molecule has 0 saturated carbocycles. The summed E-state index contributed by atoms with van der Waals surface area (Å²) >= 11 is 0. The molecular formula is C14H12O3. The Labute approximate surface area is 99.4 Å². The van der Waals surface area contributed by atoms with Crippen molar-refractivity contribution in [3.63, 3.8) is 0 Å². The molecule has 1 aromatic rings. The molecule has 0 unspecified atom stereocenters. The zero-order valence-electron chi connectivity index (χ0n) is 9.74. The summed E-state index contributed by atoms with van der Waals surface area (Å²) in [5, 5.41) is 0. The third-order valence-electron chi connectivity index (χ3n) is 2.57. The highest BCUT2D eigenvalue weighted by atomic mass is 16.5. The Morgan fingerprint density at radius 2 is 1.94 bits per heavy atom. The number of Topliss-reactive ketones (excluding diaryl/α,β-unsaturated/α-hetero) is 1. The smallest absolute Gasteiger partial charge is 0.346 e. The van der Waals surface area contributed by atoms with E-state index in [1.807, 2.05) is 0 Å². The average Bonchev–Trinajstić information content (AvgIpc) is 2.34. The normalized spacial score (nSPS) is 13.6. The molecule has 0 amide bonds. The van der Waals surface area contributed by atoms with Crippen molar-refractivity contribution in [1.29, 1.82) is 0 Å². The number of ether oxygens (including phenoxy) is 1. The van der Waals surface area contributed by atoms with Crippen molar-refractivity contribution >= 4 is 17.3 Å². The highest BCUT2D eigenvalue weighted by Gasteiger charge is 2.24. The lowest BCUT2D eigenvalue weighted by molar-refractivity contribution is -0.136. The number of hydrogen-bond donors (Lipinski definition) is 0. The Balaban J connectivity index is 2.61. The van der Waals surface area contributed by atoms with Crippen LogP contribution >= 0.6 is 0 Å². The highest BCUT2D eigenvalue weighted by molar-refractivity contribution is 6.24. The fourth-order valence-corrected chi connectivity index (χ4v) is 1.78. The van der Waals surface area contributed by atoms with Crippen LogP contribution in [0.2, 0.25) is 0 Å². The van der Waals surface area contributed by atoms with Gasteiger partial charge in [0.2, 0.25) is 0 Å². The summed E-state index contributed by atoms with van der Waals surface area (Å²) < 4.78 is 4.96. The summed E-state index contributed by atoms with van der Waals surface area (Å²) in [5.41, 5.74) is 4.72. The molecule has 0 aromatic heterocycles. The molecule has 0 N–H and O–H groups in total. The van der Waals surface area contributed by atoms with Gasteiger partial charge in [-0.3, -0.25) is 4.79 Å². The van der Waals surface area contributed by atoms with Gasteiger partial charge in [-0.2, -0.15) is 0 Å². The van der Waals surface area contributed by atoms with Gasteiger partial charge < -0.3 is 4.74 Å². The van der Waals surface area contributed by atoms with Crippen molar-refractivity contribution in [1.82, 2.24) is 0 Å². The van der Waals surface area contributed by atoms with E-state index in [4.69, 9.17) is 4.74 Å². The molecule has 3 nitrogen and oxygen atoms in total. The van der Waals surface area contributed by atoms with Crippen molar-refractivity contribution in [3.8, 4) is 0 Å². The van der Waals surface area contributed by atoms with E-state index < -0.39 is 5.97 Å². The highest BCUT2D eigenvalue weighted by Crippen LogP contribution is 2.26. The Hall–Kier alpha value is -2.12. The molecule has 86 valence electrons. The molecule has 0 saturated heterocycles. The van der Waals surface area contributed by atoms with Crippen LogP contribution in [0.15, 0.2) is 35.6 Å².